The first-order valence-electron chi connectivity index (χ1n) is 7.07. The molecule has 0 saturated carbocycles. The molecule has 0 saturated heterocycles. The molecule has 0 aliphatic heterocycles. The Bertz CT molecular complexity index is 918. The number of nitrogens with one attached hydrogen (secondary N) is 1. The lowest BCUT2D eigenvalue weighted by Crippen LogP contribution is -1.96. The van der Waals surface area contributed by atoms with Gasteiger partial charge in [0.05, 0.1) is 20.4 Å². The lowest BCUT2D eigenvalue weighted by Gasteiger charge is -2.07. The van der Waals surface area contributed by atoms with Gasteiger partial charge in [-0.3, -0.25) is 4.98 Å². The van der Waals surface area contributed by atoms with Crippen molar-refractivity contribution >= 4 is 18.4 Å². The van der Waals surface area contributed by atoms with E-state index < -0.39 is 0 Å². The summed E-state index contributed by atoms with van der Waals surface area (Å²) in [6.45, 7) is 0. The fourth-order valence-electron chi connectivity index (χ4n) is 2.14. The normalized spacial score (nSPS) is 10.9. The van der Waals surface area contributed by atoms with E-state index in [0.717, 1.165) is 11.1 Å². The zero-order valence-electron chi connectivity index (χ0n) is 13.1. The third-order valence-electron chi connectivity index (χ3n) is 3.32. The third-order valence-corrected chi connectivity index (χ3v) is 3.58. The lowest BCUT2D eigenvalue weighted by atomic mass is 10.2. The van der Waals surface area contributed by atoms with Crippen LogP contribution < -0.4 is 9.47 Å². The molecule has 1 N–H and O–H groups in total. The second kappa shape index (κ2) is 7.05. The monoisotopic (exact) mass is 341 g/mol. The number of aromatic amines is 1. The molecular weight excluding hydrogens is 326 g/mol. The van der Waals surface area contributed by atoms with Crippen LogP contribution in [0.4, 0.5) is 0 Å². The number of aromatic nitrogens is 4. The third kappa shape index (κ3) is 3.18. The number of hydrogen-bond acceptors (Lipinski definition) is 6. The lowest BCUT2D eigenvalue weighted by molar-refractivity contribution is 0.355. The number of ether oxygens (including phenoxy) is 2. The van der Waals surface area contributed by atoms with Crippen LogP contribution in [0.2, 0.25) is 0 Å². The molecule has 8 heteroatoms. The first kappa shape index (κ1) is 15.9. The number of H-pyrrole nitrogens is 1. The Kier molecular flexibility index (Phi) is 4.66. The zero-order chi connectivity index (χ0) is 16.9. The molecule has 122 valence electrons. The van der Waals surface area contributed by atoms with Gasteiger partial charge in [-0.25, -0.2) is 5.10 Å². The Morgan fingerprint density at radius 3 is 2.58 bits per heavy atom. The molecule has 7 nitrogen and oxygen atoms in total. The number of pyridine rings is 1. The summed E-state index contributed by atoms with van der Waals surface area (Å²) < 4.78 is 12.5. The number of nitrogens with zero attached hydrogens (tertiary/aromatic N) is 4. The molecule has 0 unspecified atom stereocenters. The number of benzene rings is 1. The quantitative estimate of drug-likeness (QED) is 0.570. The maximum absolute atomic E-state index is 5.29. The average Bonchev–Trinajstić information content (AvgIpc) is 3.01. The predicted octanol–water partition coefficient (Wildman–Crippen LogP) is 2.90. The first-order valence-corrected chi connectivity index (χ1v) is 7.48. The predicted molar refractivity (Wildman–Crippen MR) is 93.2 cm³/mol. The summed E-state index contributed by atoms with van der Waals surface area (Å²) in [5.74, 6) is 1.90. The van der Waals surface area contributed by atoms with Crippen LogP contribution in [0.15, 0.2) is 47.8 Å². The summed E-state index contributed by atoms with van der Waals surface area (Å²) in [6, 6.07) is 9.21. The van der Waals surface area contributed by atoms with Gasteiger partial charge in [0.1, 0.15) is 0 Å². The Morgan fingerprint density at radius 1 is 1.12 bits per heavy atom. The van der Waals surface area contributed by atoms with Crippen molar-refractivity contribution in [3.63, 3.8) is 0 Å². The molecular formula is C16H15N5O2S. The van der Waals surface area contributed by atoms with Crippen molar-refractivity contribution in [1.29, 1.82) is 0 Å². The van der Waals surface area contributed by atoms with E-state index in [1.807, 2.05) is 30.3 Å². The van der Waals surface area contributed by atoms with Crippen molar-refractivity contribution in [1.82, 2.24) is 19.9 Å². The van der Waals surface area contributed by atoms with Crippen LogP contribution in [-0.4, -0.2) is 40.3 Å². The van der Waals surface area contributed by atoms with Crippen LogP contribution in [0, 0.1) is 4.77 Å². The summed E-state index contributed by atoms with van der Waals surface area (Å²) >= 11 is 5.25. The summed E-state index contributed by atoms with van der Waals surface area (Å²) in [4.78, 5) is 4.00. The molecule has 0 aliphatic carbocycles. The Morgan fingerprint density at radius 2 is 1.88 bits per heavy atom. The van der Waals surface area contributed by atoms with Gasteiger partial charge in [0.15, 0.2) is 17.3 Å². The number of hydrogen-bond donors (Lipinski definition) is 1. The van der Waals surface area contributed by atoms with Gasteiger partial charge in [-0.2, -0.15) is 14.9 Å². The van der Waals surface area contributed by atoms with Crippen molar-refractivity contribution in [2.75, 3.05) is 14.2 Å². The fraction of sp³-hybridized carbons (Fsp3) is 0.125. The highest BCUT2D eigenvalue weighted by Gasteiger charge is 2.08. The number of rotatable bonds is 5. The zero-order valence-corrected chi connectivity index (χ0v) is 13.9. The van der Waals surface area contributed by atoms with Gasteiger partial charge in [-0.05, 0) is 48.1 Å². The smallest absolute Gasteiger partial charge is 0.216 e. The molecule has 3 aromatic rings. The van der Waals surface area contributed by atoms with Gasteiger partial charge >= 0.3 is 0 Å². The van der Waals surface area contributed by atoms with Crippen LogP contribution in [0.3, 0.4) is 0 Å². The maximum atomic E-state index is 5.29. The first-order chi connectivity index (χ1) is 11.7. The summed E-state index contributed by atoms with van der Waals surface area (Å²) in [5.41, 5.74) is 1.71. The van der Waals surface area contributed by atoms with Crippen LogP contribution in [0.25, 0.3) is 11.4 Å². The van der Waals surface area contributed by atoms with Gasteiger partial charge in [-0.15, -0.1) is 0 Å². The molecule has 0 aliphatic rings. The standard InChI is InChI=1S/C16H15N5O2S/c1-22-13-4-3-11(9-14(13)23-2)10-18-21-15(19-20-16(21)24)12-5-7-17-8-6-12/h3-10H,1-2H3,(H,20,24). The Balaban J connectivity index is 1.96. The van der Waals surface area contributed by atoms with Crippen molar-refractivity contribution in [2.24, 2.45) is 5.10 Å². The van der Waals surface area contributed by atoms with E-state index in [1.165, 1.54) is 0 Å². The molecule has 24 heavy (non-hydrogen) atoms. The van der Waals surface area contributed by atoms with E-state index in [-0.39, 0.29) is 0 Å². The van der Waals surface area contributed by atoms with Gasteiger partial charge in [0.25, 0.3) is 0 Å². The van der Waals surface area contributed by atoms with E-state index >= 15 is 0 Å². The largest absolute Gasteiger partial charge is 0.493 e. The van der Waals surface area contributed by atoms with Crippen molar-refractivity contribution in [3.8, 4) is 22.9 Å². The van der Waals surface area contributed by atoms with Crippen molar-refractivity contribution in [3.05, 3.63) is 53.1 Å². The van der Waals surface area contributed by atoms with Gasteiger partial charge in [0, 0.05) is 18.0 Å². The van der Waals surface area contributed by atoms with Gasteiger partial charge < -0.3 is 9.47 Å². The molecule has 0 atom stereocenters. The van der Waals surface area contributed by atoms with Crippen LogP contribution in [0.1, 0.15) is 5.56 Å². The fourth-order valence-corrected chi connectivity index (χ4v) is 2.32. The Hall–Kier alpha value is -3.00. The molecule has 0 spiro atoms. The molecule has 0 radical (unpaired) electrons. The second-order valence-electron chi connectivity index (χ2n) is 4.76. The van der Waals surface area contributed by atoms with E-state index in [9.17, 15) is 0 Å². The highest BCUT2D eigenvalue weighted by atomic mass is 32.1. The molecule has 0 fully saturated rings. The summed E-state index contributed by atoms with van der Waals surface area (Å²) in [5, 5.41) is 11.4. The van der Waals surface area contributed by atoms with Gasteiger partial charge in [-0.1, -0.05) is 0 Å². The molecule has 3 rings (SSSR count). The summed E-state index contributed by atoms with van der Waals surface area (Å²) in [6.07, 6.45) is 5.06. The van der Waals surface area contributed by atoms with E-state index in [2.05, 4.69) is 20.3 Å². The minimum atomic E-state index is 0.401. The van der Waals surface area contributed by atoms with E-state index in [4.69, 9.17) is 21.7 Å². The number of methoxy groups -OCH3 is 2. The average molecular weight is 341 g/mol. The topological polar surface area (TPSA) is 77.3 Å². The SMILES string of the molecule is COc1ccc(C=Nn2c(-c3ccncc3)n[nH]c2=S)cc1OC. The second-order valence-corrected chi connectivity index (χ2v) is 5.15. The molecule has 0 amide bonds. The van der Waals surface area contributed by atoms with Gasteiger partial charge in [0.2, 0.25) is 4.77 Å². The van der Waals surface area contributed by atoms with Crippen LogP contribution >= 0.6 is 12.2 Å². The van der Waals surface area contributed by atoms with E-state index in [1.54, 1.807) is 37.5 Å². The molecule has 0 bridgehead atoms. The van der Waals surface area contributed by atoms with E-state index in [0.29, 0.717) is 22.1 Å². The summed E-state index contributed by atoms with van der Waals surface area (Å²) in [7, 11) is 3.18. The molecule has 2 aromatic heterocycles. The minimum absolute atomic E-state index is 0.401. The highest BCUT2D eigenvalue weighted by molar-refractivity contribution is 7.71. The van der Waals surface area contributed by atoms with Crippen molar-refractivity contribution < 1.29 is 9.47 Å². The molecule has 1 aromatic carbocycles. The van der Waals surface area contributed by atoms with Crippen LogP contribution in [-0.2, 0) is 0 Å². The van der Waals surface area contributed by atoms with Crippen LogP contribution in [0.5, 0.6) is 11.5 Å². The highest BCUT2D eigenvalue weighted by Crippen LogP contribution is 2.27. The maximum Gasteiger partial charge on any atom is 0.216 e. The Labute approximate surface area is 143 Å². The molecule has 2 heterocycles. The van der Waals surface area contributed by atoms with Crippen molar-refractivity contribution in [2.45, 2.75) is 0 Å². The minimum Gasteiger partial charge on any atom is -0.493 e.